The number of thiophene rings is 1. The molecule has 0 aliphatic carbocycles. The third kappa shape index (κ3) is 4.28. The highest BCUT2D eigenvalue weighted by Crippen LogP contribution is 2.24. The van der Waals surface area contributed by atoms with Crippen molar-refractivity contribution in [1.29, 1.82) is 0 Å². The number of rotatable bonds is 7. The second-order valence-electron chi connectivity index (χ2n) is 5.34. The van der Waals surface area contributed by atoms with E-state index in [1.807, 2.05) is 6.92 Å². The van der Waals surface area contributed by atoms with E-state index in [2.05, 4.69) is 0 Å². The van der Waals surface area contributed by atoms with Crippen LogP contribution < -0.4 is 0 Å². The number of carbonyl (C=O) groups is 1. The van der Waals surface area contributed by atoms with E-state index in [9.17, 15) is 13.2 Å². The van der Waals surface area contributed by atoms with Crippen molar-refractivity contribution < 1.29 is 23.1 Å². The molecule has 1 N–H and O–H groups in total. The summed E-state index contributed by atoms with van der Waals surface area (Å²) in [6, 6.07) is 1.58. The summed E-state index contributed by atoms with van der Waals surface area (Å²) < 4.78 is 31.8. The van der Waals surface area contributed by atoms with Crippen LogP contribution in [0, 0.1) is 5.92 Å². The molecule has 6 nitrogen and oxygen atoms in total. The van der Waals surface area contributed by atoms with Gasteiger partial charge >= 0.3 is 5.97 Å². The van der Waals surface area contributed by atoms with E-state index >= 15 is 0 Å². The van der Waals surface area contributed by atoms with Crippen LogP contribution in [0.4, 0.5) is 0 Å². The van der Waals surface area contributed by atoms with E-state index in [4.69, 9.17) is 9.84 Å². The fourth-order valence-electron chi connectivity index (χ4n) is 2.56. The molecule has 1 aliphatic rings. The number of ether oxygens (including phenoxy) is 1. The number of hydrogen-bond acceptors (Lipinski definition) is 5. The zero-order valence-electron chi connectivity index (χ0n) is 12.5. The molecule has 1 fully saturated rings. The van der Waals surface area contributed by atoms with Gasteiger partial charge < -0.3 is 9.84 Å². The molecule has 1 aliphatic heterocycles. The molecule has 1 aromatic rings. The largest absolute Gasteiger partial charge is 0.477 e. The first kappa shape index (κ1) is 17.4. The van der Waals surface area contributed by atoms with Crippen LogP contribution in [0.15, 0.2) is 11.4 Å². The van der Waals surface area contributed by atoms with Gasteiger partial charge in [-0.3, -0.25) is 0 Å². The average molecular weight is 347 g/mol. The van der Waals surface area contributed by atoms with Gasteiger partial charge in [-0.1, -0.05) is 0 Å². The lowest BCUT2D eigenvalue weighted by molar-refractivity contribution is 0.0701. The van der Waals surface area contributed by atoms with Crippen LogP contribution in [0.25, 0.3) is 0 Å². The van der Waals surface area contributed by atoms with Gasteiger partial charge in [0, 0.05) is 26.3 Å². The first-order valence-electron chi connectivity index (χ1n) is 7.29. The summed E-state index contributed by atoms with van der Waals surface area (Å²) in [6.45, 7) is 4.26. The lowest BCUT2D eigenvalue weighted by atomic mass is 9.99. The fourth-order valence-corrected chi connectivity index (χ4v) is 5.00. The molecule has 8 heteroatoms. The number of aromatic carboxylic acids is 1. The minimum absolute atomic E-state index is 0.106. The van der Waals surface area contributed by atoms with Crippen molar-refractivity contribution in [3.63, 3.8) is 0 Å². The molecule has 1 aromatic heterocycles. The average Bonchev–Trinajstić information content (AvgIpc) is 2.93. The van der Waals surface area contributed by atoms with Crippen molar-refractivity contribution in [3.8, 4) is 0 Å². The van der Waals surface area contributed by atoms with Crippen LogP contribution in [-0.2, 0) is 20.5 Å². The van der Waals surface area contributed by atoms with Crippen LogP contribution in [-0.4, -0.2) is 50.1 Å². The third-order valence-corrected chi connectivity index (χ3v) is 6.58. The molecule has 2 rings (SSSR count). The Morgan fingerprint density at radius 1 is 1.45 bits per heavy atom. The van der Waals surface area contributed by atoms with Crippen LogP contribution in [0.2, 0.25) is 0 Å². The van der Waals surface area contributed by atoms with Crippen molar-refractivity contribution in [2.24, 2.45) is 5.92 Å². The molecule has 0 aromatic carbocycles. The van der Waals surface area contributed by atoms with Crippen molar-refractivity contribution in [3.05, 3.63) is 21.9 Å². The lowest BCUT2D eigenvalue weighted by Crippen LogP contribution is -2.40. The normalized spacial score (nSPS) is 17.7. The summed E-state index contributed by atoms with van der Waals surface area (Å²) in [7, 11) is -3.47. The Morgan fingerprint density at radius 3 is 2.73 bits per heavy atom. The van der Waals surface area contributed by atoms with E-state index in [0.717, 1.165) is 24.2 Å². The standard InChI is InChI=1S/C14H21NO5S2/c1-2-20-9-11-3-6-15(7-4-11)22(18,19)10-12-5-8-21-13(12)14(16)17/h5,8,11H,2-4,6-7,9-10H2,1H3,(H,16,17). The van der Waals surface area contributed by atoms with E-state index < -0.39 is 16.0 Å². The van der Waals surface area contributed by atoms with Gasteiger partial charge in [-0.25, -0.2) is 17.5 Å². The van der Waals surface area contributed by atoms with E-state index in [1.54, 1.807) is 11.4 Å². The number of nitrogens with zero attached hydrogens (tertiary/aromatic N) is 1. The van der Waals surface area contributed by atoms with Crippen LogP contribution in [0.3, 0.4) is 0 Å². The van der Waals surface area contributed by atoms with Crippen molar-refractivity contribution in [2.45, 2.75) is 25.5 Å². The predicted molar refractivity (Wildman–Crippen MR) is 84.7 cm³/mol. The summed E-state index contributed by atoms with van der Waals surface area (Å²) >= 11 is 1.06. The molecule has 0 saturated carbocycles. The van der Waals surface area contributed by atoms with Gasteiger partial charge in [0.05, 0.1) is 5.75 Å². The summed E-state index contributed by atoms with van der Waals surface area (Å²) in [5, 5.41) is 10.7. The molecule has 0 radical (unpaired) electrons. The Hall–Kier alpha value is -0.960. The molecule has 0 bridgehead atoms. The molecular formula is C14H21NO5S2. The molecule has 2 heterocycles. The number of hydrogen-bond donors (Lipinski definition) is 1. The molecule has 124 valence electrons. The zero-order valence-corrected chi connectivity index (χ0v) is 14.2. The Bertz CT molecular complexity index is 603. The highest BCUT2D eigenvalue weighted by molar-refractivity contribution is 7.88. The molecule has 0 spiro atoms. The maximum absolute atomic E-state index is 12.5. The SMILES string of the molecule is CCOCC1CCN(S(=O)(=O)Cc2ccsc2C(=O)O)CC1. The van der Waals surface area contributed by atoms with Gasteiger partial charge in [0.2, 0.25) is 10.0 Å². The quantitative estimate of drug-likeness (QED) is 0.816. The predicted octanol–water partition coefficient (Wildman–Crippen LogP) is 2.02. The van der Waals surface area contributed by atoms with Crippen molar-refractivity contribution in [2.75, 3.05) is 26.3 Å². The van der Waals surface area contributed by atoms with Gasteiger partial charge in [0.25, 0.3) is 0 Å². The monoisotopic (exact) mass is 347 g/mol. The van der Waals surface area contributed by atoms with Crippen LogP contribution >= 0.6 is 11.3 Å². The summed E-state index contributed by atoms with van der Waals surface area (Å²) in [5.41, 5.74) is 0.369. The highest BCUT2D eigenvalue weighted by Gasteiger charge is 2.29. The van der Waals surface area contributed by atoms with E-state index in [-0.39, 0.29) is 10.6 Å². The minimum Gasteiger partial charge on any atom is -0.477 e. The third-order valence-electron chi connectivity index (χ3n) is 3.80. The first-order chi connectivity index (χ1) is 10.4. The number of carboxylic acids is 1. The summed E-state index contributed by atoms with van der Waals surface area (Å²) in [6.07, 6.45) is 1.57. The van der Waals surface area contributed by atoms with Gasteiger partial charge in [-0.2, -0.15) is 0 Å². The summed E-state index contributed by atoms with van der Waals surface area (Å²) in [5.74, 6) is -0.911. The zero-order chi connectivity index (χ0) is 16.2. The van der Waals surface area contributed by atoms with E-state index in [1.165, 1.54) is 4.31 Å². The molecule has 1 saturated heterocycles. The maximum atomic E-state index is 12.5. The van der Waals surface area contributed by atoms with Gasteiger partial charge in [0.15, 0.2) is 0 Å². The van der Waals surface area contributed by atoms with Crippen molar-refractivity contribution >= 4 is 27.3 Å². The topological polar surface area (TPSA) is 83.9 Å². The number of carboxylic acid groups (broad SMARTS) is 1. The second-order valence-corrected chi connectivity index (χ2v) is 8.22. The lowest BCUT2D eigenvalue weighted by Gasteiger charge is -2.31. The van der Waals surface area contributed by atoms with Gasteiger partial charge in [-0.15, -0.1) is 11.3 Å². The summed E-state index contributed by atoms with van der Waals surface area (Å²) in [4.78, 5) is 11.2. The smallest absolute Gasteiger partial charge is 0.346 e. The van der Waals surface area contributed by atoms with Crippen LogP contribution in [0.5, 0.6) is 0 Å². The molecule has 0 atom stereocenters. The molecule has 22 heavy (non-hydrogen) atoms. The maximum Gasteiger partial charge on any atom is 0.346 e. The van der Waals surface area contributed by atoms with E-state index in [0.29, 0.717) is 37.8 Å². The Morgan fingerprint density at radius 2 is 2.14 bits per heavy atom. The minimum atomic E-state index is -3.47. The Labute approximate surface area is 134 Å². The van der Waals surface area contributed by atoms with Gasteiger partial charge in [-0.05, 0) is 42.7 Å². The van der Waals surface area contributed by atoms with Gasteiger partial charge in [0.1, 0.15) is 4.88 Å². The van der Waals surface area contributed by atoms with Crippen molar-refractivity contribution in [1.82, 2.24) is 4.31 Å². The molecular weight excluding hydrogens is 326 g/mol. The molecule has 0 amide bonds. The highest BCUT2D eigenvalue weighted by atomic mass is 32.2. The fraction of sp³-hybridized carbons (Fsp3) is 0.643. The number of sulfonamides is 1. The second kappa shape index (κ2) is 7.54. The first-order valence-corrected chi connectivity index (χ1v) is 9.78. The number of piperidine rings is 1. The van der Waals surface area contributed by atoms with Crippen LogP contribution in [0.1, 0.15) is 35.0 Å². The Kier molecular flexibility index (Phi) is 5.96. The molecule has 0 unspecified atom stereocenters. The Balaban J connectivity index is 1.97.